The summed E-state index contributed by atoms with van der Waals surface area (Å²) >= 11 is 0. The van der Waals surface area contributed by atoms with E-state index in [1.807, 2.05) is 48.5 Å². The van der Waals surface area contributed by atoms with Crippen LogP contribution >= 0.6 is 0 Å². The molecule has 0 fully saturated rings. The minimum atomic E-state index is -0.416. The lowest BCUT2D eigenvalue weighted by atomic mass is 9.97. The van der Waals surface area contributed by atoms with E-state index in [9.17, 15) is 0 Å². The second-order valence-corrected chi connectivity index (χ2v) is 6.63. The number of rotatable bonds is 4. The van der Waals surface area contributed by atoms with Crippen LogP contribution in [0.1, 0.15) is 6.92 Å². The topological polar surface area (TPSA) is 85.7 Å². The van der Waals surface area contributed by atoms with Crippen LogP contribution < -0.4 is 21.3 Å². The van der Waals surface area contributed by atoms with Gasteiger partial charge in [0.25, 0.3) is 0 Å². The van der Waals surface area contributed by atoms with E-state index in [0.717, 1.165) is 11.4 Å². The third-order valence-corrected chi connectivity index (χ3v) is 4.47. The number of guanidine groups is 2. The molecule has 3 unspecified atom stereocenters. The van der Waals surface area contributed by atoms with E-state index >= 15 is 0 Å². The molecule has 4 N–H and O–H groups in total. The summed E-state index contributed by atoms with van der Waals surface area (Å²) in [4.78, 5) is 13.4. The first-order valence-electron chi connectivity index (χ1n) is 9.29. The first-order chi connectivity index (χ1) is 13.8. The molecule has 2 heterocycles. The van der Waals surface area contributed by atoms with Gasteiger partial charge in [0.15, 0.2) is 0 Å². The second-order valence-electron chi connectivity index (χ2n) is 6.63. The number of hydrogen-bond donors (Lipinski definition) is 4. The maximum atomic E-state index is 4.68. The number of hydrogen-bond acceptors (Lipinski definition) is 7. The summed E-state index contributed by atoms with van der Waals surface area (Å²) in [7, 11) is 0. The molecule has 1 aromatic carbocycles. The smallest absolute Gasteiger partial charge is 0.206 e. The fourth-order valence-electron chi connectivity index (χ4n) is 2.98. The van der Waals surface area contributed by atoms with Gasteiger partial charge in [0.1, 0.15) is 0 Å². The van der Waals surface area contributed by atoms with E-state index in [1.165, 1.54) is 0 Å². The van der Waals surface area contributed by atoms with Gasteiger partial charge in [-0.15, -0.1) is 0 Å². The van der Waals surface area contributed by atoms with Crippen LogP contribution in [0.2, 0.25) is 0 Å². The second kappa shape index (κ2) is 8.49. The molecule has 0 bridgehead atoms. The highest BCUT2D eigenvalue weighted by Gasteiger charge is 2.22. The van der Waals surface area contributed by atoms with Gasteiger partial charge in [-0.25, -0.2) is 9.98 Å². The molecule has 28 heavy (non-hydrogen) atoms. The van der Waals surface area contributed by atoms with Crippen LogP contribution in [0.4, 0.5) is 11.4 Å². The van der Waals surface area contributed by atoms with Crippen molar-refractivity contribution in [2.24, 2.45) is 15.9 Å². The first-order valence-corrected chi connectivity index (χ1v) is 9.29. The van der Waals surface area contributed by atoms with E-state index in [0.29, 0.717) is 17.8 Å². The van der Waals surface area contributed by atoms with Gasteiger partial charge < -0.3 is 10.6 Å². The Labute approximate surface area is 164 Å². The molecule has 3 atom stereocenters. The van der Waals surface area contributed by atoms with Gasteiger partial charge in [-0.3, -0.25) is 15.6 Å². The molecule has 0 radical (unpaired) electrons. The van der Waals surface area contributed by atoms with Gasteiger partial charge in [-0.1, -0.05) is 49.4 Å². The lowest BCUT2D eigenvalue weighted by Crippen LogP contribution is -2.49. The minimum absolute atomic E-state index is 0.167. The molecule has 1 aliphatic heterocycles. The van der Waals surface area contributed by atoms with Gasteiger partial charge in [-0.05, 0) is 30.2 Å². The van der Waals surface area contributed by atoms with Gasteiger partial charge >= 0.3 is 0 Å². The number of nitrogens with zero attached hydrogens (tertiary/aromatic N) is 3. The molecule has 1 aromatic heterocycles. The monoisotopic (exact) mass is 373 g/mol. The number of pyridine rings is 1. The summed E-state index contributed by atoms with van der Waals surface area (Å²) in [5, 5.41) is 13.3. The maximum Gasteiger partial charge on any atom is 0.206 e. The van der Waals surface area contributed by atoms with Crippen molar-refractivity contribution in [1.82, 2.24) is 15.6 Å². The quantitative estimate of drug-likeness (QED) is 0.662. The van der Waals surface area contributed by atoms with Crippen molar-refractivity contribution < 1.29 is 0 Å². The van der Waals surface area contributed by atoms with E-state index in [1.54, 1.807) is 12.4 Å². The predicted molar refractivity (Wildman–Crippen MR) is 114 cm³/mol. The summed E-state index contributed by atoms with van der Waals surface area (Å²) < 4.78 is 0. The van der Waals surface area contributed by atoms with Gasteiger partial charge in [-0.2, -0.15) is 0 Å². The Morgan fingerprint density at radius 3 is 2.14 bits per heavy atom. The highest BCUT2D eigenvalue weighted by Crippen LogP contribution is 2.14. The molecule has 4 rings (SSSR count). The molecule has 7 heteroatoms. The van der Waals surface area contributed by atoms with Crippen molar-refractivity contribution in [3.05, 3.63) is 79.2 Å². The molecule has 0 spiro atoms. The number of allylic oxidation sites excluding steroid dienone is 2. The number of anilines is 2. The zero-order chi connectivity index (χ0) is 19.2. The third-order valence-electron chi connectivity index (χ3n) is 4.47. The molecule has 2 aliphatic rings. The first kappa shape index (κ1) is 17.9. The fourth-order valence-corrected chi connectivity index (χ4v) is 2.98. The Kier molecular flexibility index (Phi) is 5.44. The molecule has 7 nitrogen and oxygen atoms in total. The summed E-state index contributed by atoms with van der Waals surface area (Å²) in [6.07, 6.45) is 11.5. The van der Waals surface area contributed by atoms with E-state index in [2.05, 4.69) is 61.4 Å². The number of nitrogens with one attached hydrogen (secondary N) is 4. The van der Waals surface area contributed by atoms with Gasteiger partial charge in [0.2, 0.25) is 18.2 Å². The van der Waals surface area contributed by atoms with Crippen LogP contribution in [0.25, 0.3) is 0 Å². The highest BCUT2D eigenvalue weighted by atomic mass is 15.4. The average molecular weight is 373 g/mol. The van der Waals surface area contributed by atoms with E-state index < -0.39 is 6.29 Å². The standard InChI is InChI=1S/C21H23N7/c1-15-7-5-6-10-18(15)25-21-27-19(23-16-8-3-2-4-9-16)26-20(28-21)24-17-11-13-22-14-12-17/h2-15,18,21,25H,1H3,(H3,22,23,24,26,27,28). The molecule has 0 saturated heterocycles. The molecular formula is C21H23N7. The predicted octanol–water partition coefficient (Wildman–Crippen LogP) is 2.92. The van der Waals surface area contributed by atoms with Crippen LogP contribution in [-0.4, -0.2) is 29.2 Å². The van der Waals surface area contributed by atoms with Crippen molar-refractivity contribution in [3.8, 4) is 0 Å². The summed E-state index contributed by atoms with van der Waals surface area (Å²) in [5.41, 5.74) is 1.85. The Balaban J connectivity index is 1.53. The van der Waals surface area contributed by atoms with E-state index in [4.69, 9.17) is 0 Å². The van der Waals surface area contributed by atoms with E-state index in [-0.39, 0.29) is 6.04 Å². The minimum Gasteiger partial charge on any atom is -0.326 e. The Morgan fingerprint density at radius 2 is 1.46 bits per heavy atom. The third kappa shape index (κ3) is 4.63. The zero-order valence-corrected chi connectivity index (χ0v) is 15.6. The number of benzene rings is 1. The summed E-state index contributed by atoms with van der Waals surface area (Å²) in [6.45, 7) is 2.17. The summed E-state index contributed by atoms with van der Waals surface area (Å²) in [5.74, 6) is 1.60. The largest absolute Gasteiger partial charge is 0.326 e. The van der Waals surface area contributed by atoms with Gasteiger partial charge in [0.05, 0.1) is 0 Å². The Hall–Kier alpha value is -3.45. The number of aromatic nitrogens is 1. The SMILES string of the molecule is CC1C=CC=CC1NC1N=C(Nc2ccccc2)NC(Nc2ccncc2)=N1. The van der Waals surface area contributed by atoms with Gasteiger partial charge in [0, 0.05) is 29.8 Å². The average Bonchev–Trinajstić information content (AvgIpc) is 2.71. The normalized spacial score (nSPS) is 23.4. The van der Waals surface area contributed by atoms with Crippen LogP contribution in [0.3, 0.4) is 0 Å². The molecule has 2 aromatic rings. The molecular weight excluding hydrogens is 350 g/mol. The zero-order valence-electron chi connectivity index (χ0n) is 15.6. The van der Waals surface area contributed by atoms with Crippen LogP contribution in [0.15, 0.2) is 89.1 Å². The van der Waals surface area contributed by atoms with Crippen molar-refractivity contribution in [2.75, 3.05) is 10.6 Å². The molecule has 0 amide bonds. The van der Waals surface area contributed by atoms with Crippen molar-refractivity contribution in [3.63, 3.8) is 0 Å². The van der Waals surface area contributed by atoms with Crippen LogP contribution in [0.5, 0.6) is 0 Å². The van der Waals surface area contributed by atoms with Crippen molar-refractivity contribution in [2.45, 2.75) is 19.3 Å². The van der Waals surface area contributed by atoms with Crippen LogP contribution in [-0.2, 0) is 0 Å². The fraction of sp³-hybridized carbons (Fsp3) is 0.190. The Bertz CT molecular complexity index is 845. The maximum absolute atomic E-state index is 4.68. The number of aliphatic imine (C=N–C) groups is 2. The molecule has 142 valence electrons. The summed E-state index contributed by atoms with van der Waals surface area (Å²) in [6, 6.07) is 13.9. The molecule has 0 saturated carbocycles. The van der Waals surface area contributed by atoms with Crippen molar-refractivity contribution in [1.29, 1.82) is 0 Å². The number of para-hydroxylation sites is 1. The van der Waals surface area contributed by atoms with Crippen LogP contribution in [0, 0.1) is 5.92 Å². The highest BCUT2D eigenvalue weighted by molar-refractivity contribution is 6.10. The lowest BCUT2D eigenvalue weighted by molar-refractivity contribution is 0.432. The Morgan fingerprint density at radius 1 is 0.821 bits per heavy atom. The van der Waals surface area contributed by atoms with Crippen molar-refractivity contribution >= 4 is 23.3 Å². The molecule has 1 aliphatic carbocycles. The lowest BCUT2D eigenvalue weighted by Gasteiger charge is -2.28.